The van der Waals surface area contributed by atoms with Gasteiger partial charge in [-0.2, -0.15) is 0 Å². The predicted molar refractivity (Wildman–Crippen MR) is 65.9 cm³/mol. The molecule has 0 saturated carbocycles. The van der Waals surface area contributed by atoms with E-state index in [2.05, 4.69) is 39.0 Å². The highest BCUT2D eigenvalue weighted by molar-refractivity contribution is 7.17. The number of thiophene rings is 1. The van der Waals surface area contributed by atoms with E-state index in [1.165, 1.54) is 10.3 Å². The van der Waals surface area contributed by atoms with Crippen molar-refractivity contribution in [2.75, 3.05) is 0 Å². The molecule has 0 saturated heterocycles. The second-order valence-electron chi connectivity index (χ2n) is 4.77. The number of fused-ring (bicyclic) bond motifs is 1. The summed E-state index contributed by atoms with van der Waals surface area (Å²) in [6.07, 6.45) is 0.936. The summed E-state index contributed by atoms with van der Waals surface area (Å²) in [5.74, 6) is 0. The topological polar surface area (TPSA) is 17.1 Å². The summed E-state index contributed by atoms with van der Waals surface area (Å²) >= 11 is 1.63. The number of hydrogen-bond donors (Lipinski definition) is 0. The van der Waals surface area contributed by atoms with Gasteiger partial charge in [-0.25, -0.2) is 0 Å². The van der Waals surface area contributed by atoms with Crippen molar-refractivity contribution in [2.24, 2.45) is 0 Å². The first kappa shape index (κ1) is 10.4. The normalized spacial score (nSPS) is 11.9. The molecule has 1 nitrogen and oxygen atoms in total. The third kappa shape index (κ3) is 1.82. The first-order valence-electron chi connectivity index (χ1n) is 4.99. The van der Waals surface area contributed by atoms with Gasteiger partial charge in [0.05, 0.1) is 0 Å². The molecule has 0 amide bonds. The van der Waals surface area contributed by atoms with Crippen molar-refractivity contribution in [2.45, 2.75) is 26.2 Å². The Hall–Kier alpha value is -1.15. The third-order valence-corrected chi connectivity index (χ3v) is 3.58. The van der Waals surface area contributed by atoms with Gasteiger partial charge in [0, 0.05) is 21.0 Å². The summed E-state index contributed by atoms with van der Waals surface area (Å²) < 4.78 is 1.19. The summed E-state index contributed by atoms with van der Waals surface area (Å²) in [6, 6.07) is 6.39. The monoisotopic (exact) mass is 218 g/mol. The first-order chi connectivity index (χ1) is 7.02. The molecule has 2 aromatic rings. The maximum absolute atomic E-state index is 10.8. The van der Waals surface area contributed by atoms with Gasteiger partial charge < -0.3 is 0 Å². The summed E-state index contributed by atoms with van der Waals surface area (Å²) in [6.45, 7) is 6.54. The molecule has 1 aromatic heterocycles. The van der Waals surface area contributed by atoms with Gasteiger partial charge in [-0.05, 0) is 23.1 Å². The first-order valence-corrected chi connectivity index (χ1v) is 5.87. The second-order valence-corrected chi connectivity index (χ2v) is 5.68. The molecule has 2 rings (SSSR count). The second kappa shape index (κ2) is 3.46. The van der Waals surface area contributed by atoms with E-state index in [0.29, 0.717) is 0 Å². The lowest BCUT2D eigenvalue weighted by Gasteiger charge is -2.18. The van der Waals surface area contributed by atoms with Crippen LogP contribution in [0.2, 0.25) is 0 Å². The zero-order valence-electron chi connectivity index (χ0n) is 9.20. The van der Waals surface area contributed by atoms with Gasteiger partial charge in [0.15, 0.2) is 6.29 Å². The molecule has 0 fully saturated rings. The number of rotatable bonds is 1. The van der Waals surface area contributed by atoms with E-state index in [1.54, 1.807) is 11.3 Å². The standard InChI is InChI=1S/C13H14OS/c1-13(2,3)10-4-5-12-11(6-10)9(7-14)8-15-12/h4-8H,1-3H3. The predicted octanol–water partition coefficient (Wildman–Crippen LogP) is 4.01. The molecule has 0 radical (unpaired) electrons. The Morgan fingerprint density at radius 2 is 2.00 bits per heavy atom. The molecule has 0 atom stereocenters. The van der Waals surface area contributed by atoms with Crippen LogP contribution in [0.1, 0.15) is 36.7 Å². The molecule has 0 N–H and O–H groups in total. The maximum atomic E-state index is 10.8. The molecule has 1 heterocycles. The Morgan fingerprint density at radius 3 is 2.60 bits per heavy atom. The largest absolute Gasteiger partial charge is 0.298 e. The maximum Gasteiger partial charge on any atom is 0.151 e. The Morgan fingerprint density at radius 1 is 1.27 bits per heavy atom. The number of carbonyl (C=O) groups is 1. The molecule has 0 bridgehead atoms. The molecule has 0 aliphatic carbocycles. The third-order valence-electron chi connectivity index (χ3n) is 2.60. The fraction of sp³-hybridized carbons (Fsp3) is 0.308. The number of benzene rings is 1. The zero-order chi connectivity index (χ0) is 11.1. The van der Waals surface area contributed by atoms with E-state index in [1.807, 2.05) is 5.38 Å². The molecular formula is C13H14OS. The molecule has 1 aromatic carbocycles. The van der Waals surface area contributed by atoms with Gasteiger partial charge in [0.2, 0.25) is 0 Å². The lowest BCUT2D eigenvalue weighted by atomic mass is 9.86. The molecule has 15 heavy (non-hydrogen) atoms. The minimum atomic E-state index is 0.135. The van der Waals surface area contributed by atoms with Crippen LogP contribution in [0.25, 0.3) is 10.1 Å². The van der Waals surface area contributed by atoms with Crippen LogP contribution in [0.3, 0.4) is 0 Å². The SMILES string of the molecule is CC(C)(C)c1ccc2scc(C=O)c2c1. The smallest absolute Gasteiger partial charge is 0.151 e. The highest BCUT2D eigenvalue weighted by atomic mass is 32.1. The van der Waals surface area contributed by atoms with E-state index in [4.69, 9.17) is 0 Å². The van der Waals surface area contributed by atoms with Gasteiger partial charge >= 0.3 is 0 Å². The van der Waals surface area contributed by atoms with Crippen molar-refractivity contribution in [3.05, 3.63) is 34.7 Å². The average molecular weight is 218 g/mol. The highest BCUT2D eigenvalue weighted by Gasteiger charge is 2.14. The van der Waals surface area contributed by atoms with Crippen LogP contribution in [0, 0.1) is 0 Å². The van der Waals surface area contributed by atoms with Crippen molar-refractivity contribution in [3.8, 4) is 0 Å². The van der Waals surface area contributed by atoms with Gasteiger partial charge in [-0.15, -0.1) is 11.3 Å². The van der Waals surface area contributed by atoms with E-state index in [0.717, 1.165) is 17.2 Å². The van der Waals surface area contributed by atoms with Crippen LogP contribution < -0.4 is 0 Å². The minimum absolute atomic E-state index is 0.135. The lowest BCUT2D eigenvalue weighted by Crippen LogP contribution is -2.10. The van der Waals surface area contributed by atoms with Gasteiger partial charge in [0.1, 0.15) is 0 Å². The van der Waals surface area contributed by atoms with Crippen molar-refractivity contribution < 1.29 is 4.79 Å². The Balaban J connectivity index is 2.68. The summed E-state index contributed by atoms with van der Waals surface area (Å²) in [5.41, 5.74) is 2.22. The van der Waals surface area contributed by atoms with E-state index in [-0.39, 0.29) is 5.41 Å². The minimum Gasteiger partial charge on any atom is -0.298 e. The highest BCUT2D eigenvalue weighted by Crippen LogP contribution is 2.30. The van der Waals surface area contributed by atoms with Gasteiger partial charge in [0.25, 0.3) is 0 Å². The van der Waals surface area contributed by atoms with Crippen molar-refractivity contribution in [3.63, 3.8) is 0 Å². The van der Waals surface area contributed by atoms with E-state index < -0.39 is 0 Å². The van der Waals surface area contributed by atoms with Crippen LogP contribution in [0.5, 0.6) is 0 Å². The summed E-state index contributed by atoms with van der Waals surface area (Å²) in [4.78, 5) is 10.8. The zero-order valence-corrected chi connectivity index (χ0v) is 10.0. The Labute approximate surface area is 93.7 Å². The number of carbonyl (C=O) groups excluding carboxylic acids is 1. The molecular weight excluding hydrogens is 204 g/mol. The van der Waals surface area contributed by atoms with Crippen molar-refractivity contribution in [1.82, 2.24) is 0 Å². The van der Waals surface area contributed by atoms with Crippen LogP contribution in [0.15, 0.2) is 23.6 Å². The van der Waals surface area contributed by atoms with Crippen LogP contribution >= 0.6 is 11.3 Å². The Bertz CT molecular complexity index is 503. The summed E-state index contributed by atoms with van der Waals surface area (Å²) in [7, 11) is 0. The lowest BCUT2D eigenvalue weighted by molar-refractivity contribution is 0.112. The quantitative estimate of drug-likeness (QED) is 0.661. The average Bonchev–Trinajstić information content (AvgIpc) is 2.57. The van der Waals surface area contributed by atoms with Gasteiger partial charge in [-0.3, -0.25) is 4.79 Å². The van der Waals surface area contributed by atoms with E-state index in [9.17, 15) is 4.79 Å². The van der Waals surface area contributed by atoms with Gasteiger partial charge in [-0.1, -0.05) is 26.8 Å². The van der Waals surface area contributed by atoms with Crippen molar-refractivity contribution >= 4 is 27.7 Å². The molecule has 0 spiro atoms. The van der Waals surface area contributed by atoms with Crippen LogP contribution in [0.4, 0.5) is 0 Å². The summed E-state index contributed by atoms with van der Waals surface area (Å²) in [5, 5.41) is 3.01. The molecule has 0 aliphatic heterocycles. The Kier molecular flexibility index (Phi) is 2.39. The number of hydrogen-bond acceptors (Lipinski definition) is 2. The van der Waals surface area contributed by atoms with Crippen molar-refractivity contribution in [1.29, 1.82) is 0 Å². The fourth-order valence-electron chi connectivity index (χ4n) is 1.61. The fourth-order valence-corrected chi connectivity index (χ4v) is 2.49. The molecule has 0 unspecified atom stereocenters. The van der Waals surface area contributed by atoms with E-state index >= 15 is 0 Å². The number of aldehydes is 1. The van der Waals surface area contributed by atoms with Crippen LogP contribution in [-0.4, -0.2) is 6.29 Å². The molecule has 0 aliphatic rings. The van der Waals surface area contributed by atoms with Crippen LogP contribution in [-0.2, 0) is 5.41 Å². The molecule has 78 valence electrons. The molecule has 2 heteroatoms.